The maximum atomic E-state index is 11.4. The van der Waals surface area contributed by atoms with Gasteiger partial charge in [-0.1, -0.05) is 36.4 Å². The predicted octanol–water partition coefficient (Wildman–Crippen LogP) is 4.96. The van der Waals surface area contributed by atoms with Gasteiger partial charge in [0.25, 0.3) is 0 Å². The highest BCUT2D eigenvalue weighted by Crippen LogP contribution is 2.53. The average molecular weight is 320 g/mol. The number of carboxylic acid groups (broad SMARTS) is 1. The first-order valence-electron chi connectivity index (χ1n) is 8.96. The van der Waals surface area contributed by atoms with E-state index in [0.29, 0.717) is 11.8 Å². The van der Waals surface area contributed by atoms with E-state index in [4.69, 9.17) is 0 Å². The van der Waals surface area contributed by atoms with Gasteiger partial charge in [0, 0.05) is 5.92 Å². The molecule has 0 saturated heterocycles. The molecule has 0 fully saturated rings. The van der Waals surface area contributed by atoms with Crippen LogP contribution in [0.3, 0.4) is 0 Å². The second-order valence-corrected chi connectivity index (χ2v) is 7.53. The zero-order valence-electron chi connectivity index (χ0n) is 14.4. The molecule has 0 spiro atoms. The Labute approximate surface area is 143 Å². The number of carboxylic acids is 1. The van der Waals surface area contributed by atoms with E-state index >= 15 is 0 Å². The fraction of sp³-hybridized carbons (Fsp3) is 0.409. The minimum Gasteiger partial charge on any atom is -0.481 e. The van der Waals surface area contributed by atoms with Crippen molar-refractivity contribution in [2.24, 2.45) is 5.92 Å². The van der Waals surface area contributed by atoms with Crippen molar-refractivity contribution in [2.75, 3.05) is 0 Å². The molecule has 0 unspecified atom stereocenters. The molecule has 2 heteroatoms. The first-order chi connectivity index (χ1) is 11.6. The highest BCUT2D eigenvalue weighted by atomic mass is 16.4. The largest absolute Gasteiger partial charge is 0.481 e. The van der Waals surface area contributed by atoms with Crippen molar-refractivity contribution in [3.05, 3.63) is 69.8 Å². The van der Waals surface area contributed by atoms with Crippen molar-refractivity contribution in [1.29, 1.82) is 0 Å². The van der Waals surface area contributed by atoms with Crippen LogP contribution in [-0.4, -0.2) is 11.1 Å². The van der Waals surface area contributed by atoms with Crippen LogP contribution in [-0.2, 0) is 11.2 Å². The molecule has 2 aliphatic rings. The maximum Gasteiger partial charge on any atom is 0.303 e. The quantitative estimate of drug-likeness (QED) is 0.849. The summed E-state index contributed by atoms with van der Waals surface area (Å²) in [5.74, 6) is 0.482. The minimum atomic E-state index is -0.682. The Morgan fingerprint density at radius 2 is 1.79 bits per heavy atom. The molecule has 0 amide bonds. The van der Waals surface area contributed by atoms with Crippen molar-refractivity contribution in [2.45, 2.75) is 51.4 Å². The summed E-state index contributed by atoms with van der Waals surface area (Å²) in [6.45, 7) is 4.41. The van der Waals surface area contributed by atoms with Gasteiger partial charge in [0.15, 0.2) is 0 Å². The molecule has 4 rings (SSSR count). The van der Waals surface area contributed by atoms with Gasteiger partial charge in [-0.3, -0.25) is 4.79 Å². The highest BCUT2D eigenvalue weighted by Gasteiger charge is 2.40. The van der Waals surface area contributed by atoms with Crippen LogP contribution < -0.4 is 0 Å². The summed E-state index contributed by atoms with van der Waals surface area (Å²) >= 11 is 0. The van der Waals surface area contributed by atoms with Gasteiger partial charge in [0.2, 0.25) is 0 Å². The Morgan fingerprint density at radius 3 is 2.54 bits per heavy atom. The van der Waals surface area contributed by atoms with Crippen LogP contribution >= 0.6 is 0 Å². The molecule has 0 radical (unpaired) electrons. The van der Waals surface area contributed by atoms with Gasteiger partial charge in [-0.05, 0) is 78.3 Å². The molecule has 3 atom stereocenters. The van der Waals surface area contributed by atoms with E-state index in [1.807, 2.05) is 0 Å². The van der Waals surface area contributed by atoms with E-state index in [1.165, 1.54) is 39.8 Å². The van der Waals surface area contributed by atoms with E-state index < -0.39 is 5.97 Å². The van der Waals surface area contributed by atoms with Gasteiger partial charge in [-0.2, -0.15) is 0 Å². The molecule has 0 bridgehead atoms. The molecule has 0 aliphatic heterocycles. The Balaban J connectivity index is 1.92. The Bertz CT molecular complexity index is 806. The van der Waals surface area contributed by atoms with Crippen molar-refractivity contribution in [3.63, 3.8) is 0 Å². The Hall–Kier alpha value is -2.09. The van der Waals surface area contributed by atoms with Gasteiger partial charge in [0.05, 0.1) is 6.42 Å². The number of hydrogen-bond donors (Lipinski definition) is 1. The van der Waals surface area contributed by atoms with Crippen LogP contribution in [0.2, 0.25) is 0 Å². The topological polar surface area (TPSA) is 37.3 Å². The summed E-state index contributed by atoms with van der Waals surface area (Å²) in [5.41, 5.74) is 8.38. The third-order valence-corrected chi connectivity index (χ3v) is 6.10. The monoisotopic (exact) mass is 320 g/mol. The second-order valence-electron chi connectivity index (χ2n) is 7.53. The second kappa shape index (κ2) is 5.77. The van der Waals surface area contributed by atoms with Gasteiger partial charge >= 0.3 is 5.97 Å². The van der Waals surface area contributed by atoms with Crippen LogP contribution in [0.1, 0.15) is 64.5 Å². The van der Waals surface area contributed by atoms with Crippen molar-refractivity contribution in [3.8, 4) is 0 Å². The molecule has 2 aromatic carbocycles. The number of rotatable bonds is 2. The van der Waals surface area contributed by atoms with Crippen molar-refractivity contribution in [1.82, 2.24) is 0 Å². The van der Waals surface area contributed by atoms with Crippen LogP contribution in [0, 0.1) is 19.8 Å². The standard InChI is InChI=1S/C22H24O2/c1-13-5-3-7-15-9-10-16-11-17(12-19(23)24)18-8-4-6-14(2)21(18)22(16)20(13)15/h3-8,16-17,22H,9-12H2,1-2H3,(H,23,24)/t16-,17-,22+/m0/s1. The summed E-state index contributed by atoms with van der Waals surface area (Å²) in [6.07, 6.45) is 3.55. The highest BCUT2D eigenvalue weighted by molar-refractivity contribution is 5.68. The van der Waals surface area contributed by atoms with E-state index in [9.17, 15) is 9.90 Å². The van der Waals surface area contributed by atoms with Crippen LogP contribution in [0.15, 0.2) is 36.4 Å². The summed E-state index contributed by atoms with van der Waals surface area (Å²) in [7, 11) is 0. The molecule has 0 aromatic heterocycles. The third kappa shape index (κ3) is 2.36. The van der Waals surface area contributed by atoms with Gasteiger partial charge in [0.1, 0.15) is 0 Å². The molecule has 2 aromatic rings. The summed E-state index contributed by atoms with van der Waals surface area (Å²) in [4.78, 5) is 11.4. The lowest BCUT2D eigenvalue weighted by atomic mass is 9.61. The van der Waals surface area contributed by atoms with E-state index in [2.05, 4.69) is 50.2 Å². The summed E-state index contributed by atoms with van der Waals surface area (Å²) in [5, 5.41) is 9.36. The summed E-state index contributed by atoms with van der Waals surface area (Å²) < 4.78 is 0. The minimum absolute atomic E-state index is 0.157. The van der Waals surface area contributed by atoms with Crippen molar-refractivity contribution < 1.29 is 9.90 Å². The molecule has 24 heavy (non-hydrogen) atoms. The molecular weight excluding hydrogens is 296 g/mol. The van der Waals surface area contributed by atoms with E-state index in [1.54, 1.807) is 0 Å². The first-order valence-corrected chi connectivity index (χ1v) is 8.96. The number of fused-ring (bicyclic) bond motifs is 5. The van der Waals surface area contributed by atoms with Gasteiger partial charge in [-0.15, -0.1) is 0 Å². The fourth-order valence-corrected chi connectivity index (χ4v) is 5.16. The number of hydrogen-bond acceptors (Lipinski definition) is 1. The zero-order valence-corrected chi connectivity index (χ0v) is 14.4. The van der Waals surface area contributed by atoms with Crippen LogP contribution in [0.5, 0.6) is 0 Å². The maximum absolute atomic E-state index is 11.4. The molecule has 124 valence electrons. The van der Waals surface area contributed by atoms with Gasteiger partial charge < -0.3 is 5.11 Å². The summed E-state index contributed by atoms with van der Waals surface area (Å²) in [6, 6.07) is 13.1. The average Bonchev–Trinajstić information content (AvgIpc) is 2.54. The van der Waals surface area contributed by atoms with Crippen LogP contribution in [0.4, 0.5) is 0 Å². The molecule has 0 saturated carbocycles. The lowest BCUT2D eigenvalue weighted by Gasteiger charge is -2.43. The molecule has 0 heterocycles. The molecule has 2 nitrogen and oxygen atoms in total. The lowest BCUT2D eigenvalue weighted by Crippen LogP contribution is -2.31. The van der Waals surface area contributed by atoms with Crippen molar-refractivity contribution >= 4 is 5.97 Å². The number of carbonyl (C=O) groups is 1. The Morgan fingerprint density at radius 1 is 1.08 bits per heavy atom. The number of aliphatic carboxylic acids is 1. The number of aryl methyl sites for hydroxylation is 3. The molecule has 2 aliphatic carbocycles. The normalized spacial score (nSPS) is 24.7. The van der Waals surface area contributed by atoms with E-state index in [-0.39, 0.29) is 12.3 Å². The van der Waals surface area contributed by atoms with Crippen LogP contribution in [0.25, 0.3) is 0 Å². The third-order valence-electron chi connectivity index (χ3n) is 6.10. The fourth-order valence-electron chi connectivity index (χ4n) is 5.16. The Kier molecular flexibility index (Phi) is 3.71. The smallest absolute Gasteiger partial charge is 0.303 e. The first kappa shape index (κ1) is 15.4. The van der Waals surface area contributed by atoms with Gasteiger partial charge in [-0.25, -0.2) is 0 Å². The SMILES string of the molecule is Cc1cccc2c1[C@@H]1c3c(C)cccc3[C@H](CC(=O)O)C[C@@H]1CC2. The van der Waals surface area contributed by atoms with E-state index in [0.717, 1.165) is 12.8 Å². The molecular formula is C22H24O2. The number of benzene rings is 2. The zero-order chi connectivity index (χ0) is 16.8. The lowest BCUT2D eigenvalue weighted by molar-refractivity contribution is -0.137. The predicted molar refractivity (Wildman–Crippen MR) is 95.6 cm³/mol. The molecule has 1 N–H and O–H groups in total.